The third kappa shape index (κ3) is 3.26. The first-order valence-corrected chi connectivity index (χ1v) is 8.68. The Morgan fingerprint density at radius 2 is 2.21 bits per heavy atom. The summed E-state index contributed by atoms with van der Waals surface area (Å²) in [6, 6.07) is 4.72. The van der Waals surface area contributed by atoms with Crippen LogP contribution >= 0.6 is 11.3 Å². The van der Waals surface area contributed by atoms with E-state index in [1.165, 1.54) is 6.07 Å². The number of benzene rings is 1. The summed E-state index contributed by atoms with van der Waals surface area (Å²) in [5.41, 5.74) is 6.85. The summed E-state index contributed by atoms with van der Waals surface area (Å²) < 4.78 is 0. The van der Waals surface area contributed by atoms with Crippen molar-refractivity contribution in [3.63, 3.8) is 0 Å². The Balaban J connectivity index is 1.84. The van der Waals surface area contributed by atoms with E-state index in [1.807, 2.05) is 10.3 Å². The van der Waals surface area contributed by atoms with Crippen LogP contribution in [0, 0.1) is 0 Å². The molecule has 3 rings (SSSR count). The molecule has 3 N–H and O–H groups in total. The number of piperidine rings is 1. The molecule has 24 heavy (non-hydrogen) atoms. The van der Waals surface area contributed by atoms with E-state index in [0.29, 0.717) is 6.54 Å². The van der Waals surface area contributed by atoms with Gasteiger partial charge in [0.05, 0.1) is 16.3 Å². The fraction of sp³-hybridized carbons (Fsp3) is 0.353. The molecule has 2 amide bonds. The summed E-state index contributed by atoms with van der Waals surface area (Å²) >= 11 is 1.56. The molecule has 1 aromatic carbocycles. The Morgan fingerprint density at radius 1 is 1.42 bits per heavy atom. The molecule has 2 heterocycles. The van der Waals surface area contributed by atoms with Crippen molar-refractivity contribution in [2.24, 2.45) is 5.73 Å². The van der Waals surface area contributed by atoms with E-state index in [1.54, 1.807) is 30.4 Å². The second kappa shape index (κ2) is 6.60. The number of thiazole rings is 1. The third-order valence-corrected chi connectivity index (χ3v) is 5.30. The number of phenols is 1. The number of carbonyl (C=O) groups is 2. The minimum Gasteiger partial charge on any atom is -0.507 e. The van der Waals surface area contributed by atoms with Crippen LogP contribution in [0.25, 0.3) is 11.3 Å². The van der Waals surface area contributed by atoms with Crippen LogP contribution in [0.4, 0.5) is 0 Å². The molecule has 6 nitrogen and oxygen atoms in total. The molecule has 1 aliphatic rings. The van der Waals surface area contributed by atoms with Crippen molar-refractivity contribution in [3.8, 4) is 17.0 Å². The SMILES string of the molecule is CC(=O)N1CCCC(c2nc(-c3ccc(O)c(C(N)=O)c3)cs2)C1. The number of hydrogen-bond acceptors (Lipinski definition) is 5. The van der Waals surface area contributed by atoms with E-state index < -0.39 is 5.91 Å². The van der Waals surface area contributed by atoms with Crippen LogP contribution < -0.4 is 5.73 Å². The maximum Gasteiger partial charge on any atom is 0.252 e. The van der Waals surface area contributed by atoms with Crippen LogP contribution in [-0.2, 0) is 4.79 Å². The summed E-state index contributed by atoms with van der Waals surface area (Å²) in [7, 11) is 0. The number of nitrogens with two attached hydrogens (primary N) is 1. The normalized spacial score (nSPS) is 17.7. The van der Waals surface area contributed by atoms with Gasteiger partial charge in [0.2, 0.25) is 5.91 Å². The molecule has 7 heteroatoms. The summed E-state index contributed by atoms with van der Waals surface area (Å²) in [5.74, 6) is -0.462. The van der Waals surface area contributed by atoms with Crippen molar-refractivity contribution < 1.29 is 14.7 Å². The molecule has 1 aliphatic heterocycles. The second-order valence-electron chi connectivity index (χ2n) is 5.97. The van der Waals surface area contributed by atoms with E-state index in [4.69, 9.17) is 5.73 Å². The lowest BCUT2D eigenvalue weighted by Crippen LogP contribution is -2.37. The minimum absolute atomic E-state index is 0.0856. The topological polar surface area (TPSA) is 96.5 Å². The lowest BCUT2D eigenvalue weighted by atomic mass is 9.98. The van der Waals surface area contributed by atoms with Crippen molar-refractivity contribution in [2.45, 2.75) is 25.7 Å². The molecule has 1 atom stereocenters. The monoisotopic (exact) mass is 345 g/mol. The summed E-state index contributed by atoms with van der Waals surface area (Å²) in [5, 5.41) is 12.6. The molecule has 0 aliphatic carbocycles. The van der Waals surface area contributed by atoms with Gasteiger partial charge in [-0.05, 0) is 31.0 Å². The first kappa shape index (κ1) is 16.4. The predicted molar refractivity (Wildman–Crippen MR) is 92.0 cm³/mol. The molecule has 1 saturated heterocycles. The number of aromatic hydroxyl groups is 1. The van der Waals surface area contributed by atoms with Gasteiger partial charge < -0.3 is 15.7 Å². The highest BCUT2D eigenvalue weighted by atomic mass is 32.1. The Morgan fingerprint density at radius 3 is 2.92 bits per heavy atom. The standard InChI is InChI=1S/C17H19N3O3S/c1-10(21)20-6-2-3-12(8-20)17-19-14(9-24-17)11-4-5-15(22)13(7-11)16(18)23/h4-5,7,9,12,22H,2-3,6,8H2,1H3,(H2,18,23). The van der Waals surface area contributed by atoms with Crippen molar-refractivity contribution in [1.82, 2.24) is 9.88 Å². The van der Waals surface area contributed by atoms with Gasteiger partial charge in [-0.15, -0.1) is 11.3 Å². The molecule has 126 valence electrons. The first-order chi connectivity index (χ1) is 11.5. The number of rotatable bonds is 3. The zero-order valence-electron chi connectivity index (χ0n) is 13.4. The molecule has 0 spiro atoms. The van der Waals surface area contributed by atoms with E-state index in [0.717, 1.165) is 35.7 Å². The van der Waals surface area contributed by atoms with Gasteiger partial charge in [0, 0.05) is 36.9 Å². The van der Waals surface area contributed by atoms with Gasteiger partial charge in [0.1, 0.15) is 5.75 Å². The van der Waals surface area contributed by atoms with Gasteiger partial charge >= 0.3 is 0 Å². The van der Waals surface area contributed by atoms with Gasteiger partial charge in [-0.25, -0.2) is 4.98 Å². The molecule has 0 radical (unpaired) electrons. The minimum atomic E-state index is -0.672. The van der Waals surface area contributed by atoms with Crippen LogP contribution in [0.3, 0.4) is 0 Å². The summed E-state index contributed by atoms with van der Waals surface area (Å²) in [4.78, 5) is 29.5. The predicted octanol–water partition coefficient (Wildman–Crippen LogP) is 2.34. The smallest absolute Gasteiger partial charge is 0.252 e. The quantitative estimate of drug-likeness (QED) is 0.892. The van der Waals surface area contributed by atoms with Crippen LogP contribution in [0.1, 0.15) is 41.0 Å². The van der Waals surface area contributed by atoms with Crippen molar-refractivity contribution >= 4 is 23.2 Å². The van der Waals surface area contributed by atoms with Crippen LogP contribution in [0.2, 0.25) is 0 Å². The molecule has 0 saturated carbocycles. The Hall–Kier alpha value is -2.41. The lowest BCUT2D eigenvalue weighted by Gasteiger charge is -2.30. The zero-order chi connectivity index (χ0) is 17.3. The summed E-state index contributed by atoms with van der Waals surface area (Å²) in [6.45, 7) is 3.10. The molecule has 1 fully saturated rings. The molecule has 0 bridgehead atoms. The number of nitrogens with zero attached hydrogens (tertiary/aromatic N) is 2. The highest BCUT2D eigenvalue weighted by Gasteiger charge is 2.25. The van der Waals surface area contributed by atoms with Crippen molar-refractivity contribution in [3.05, 3.63) is 34.2 Å². The molecule has 1 aromatic heterocycles. The average Bonchev–Trinajstić information content (AvgIpc) is 3.05. The number of primary amides is 1. The maximum absolute atomic E-state index is 11.6. The van der Waals surface area contributed by atoms with Crippen molar-refractivity contribution in [1.29, 1.82) is 0 Å². The van der Waals surface area contributed by atoms with E-state index in [9.17, 15) is 14.7 Å². The van der Waals surface area contributed by atoms with Crippen LogP contribution in [-0.4, -0.2) is 39.9 Å². The largest absolute Gasteiger partial charge is 0.507 e. The molecule has 2 aromatic rings. The van der Waals surface area contributed by atoms with E-state index in [-0.39, 0.29) is 23.1 Å². The summed E-state index contributed by atoms with van der Waals surface area (Å²) in [6.07, 6.45) is 1.99. The fourth-order valence-electron chi connectivity index (χ4n) is 2.97. The highest BCUT2D eigenvalue weighted by molar-refractivity contribution is 7.10. The van der Waals surface area contributed by atoms with Gasteiger partial charge in [0.15, 0.2) is 0 Å². The maximum atomic E-state index is 11.6. The van der Waals surface area contributed by atoms with Crippen LogP contribution in [0.5, 0.6) is 5.75 Å². The van der Waals surface area contributed by atoms with Gasteiger partial charge in [-0.2, -0.15) is 0 Å². The Labute approximate surface area is 143 Å². The molecular formula is C17H19N3O3S. The Bertz CT molecular complexity index is 787. The lowest BCUT2D eigenvalue weighted by molar-refractivity contribution is -0.130. The number of amides is 2. The van der Waals surface area contributed by atoms with Gasteiger partial charge in [-0.3, -0.25) is 9.59 Å². The zero-order valence-corrected chi connectivity index (χ0v) is 14.2. The number of hydrogen-bond donors (Lipinski definition) is 2. The van der Waals surface area contributed by atoms with E-state index >= 15 is 0 Å². The Kier molecular flexibility index (Phi) is 4.53. The highest BCUT2D eigenvalue weighted by Crippen LogP contribution is 2.33. The fourth-order valence-corrected chi connectivity index (χ4v) is 3.92. The van der Waals surface area contributed by atoms with Gasteiger partial charge in [0.25, 0.3) is 5.91 Å². The number of aromatic nitrogens is 1. The van der Waals surface area contributed by atoms with E-state index in [2.05, 4.69) is 4.98 Å². The first-order valence-electron chi connectivity index (χ1n) is 7.80. The van der Waals surface area contributed by atoms with Crippen molar-refractivity contribution in [2.75, 3.05) is 13.1 Å². The molecular weight excluding hydrogens is 326 g/mol. The average molecular weight is 345 g/mol. The van der Waals surface area contributed by atoms with Crippen LogP contribution in [0.15, 0.2) is 23.6 Å². The third-order valence-electron chi connectivity index (χ3n) is 4.30. The molecule has 1 unspecified atom stereocenters. The number of likely N-dealkylation sites (tertiary alicyclic amines) is 1. The van der Waals surface area contributed by atoms with Gasteiger partial charge in [-0.1, -0.05) is 0 Å². The second-order valence-corrected chi connectivity index (χ2v) is 6.86. The number of carbonyl (C=O) groups excluding carboxylic acids is 2.